The number of ether oxygens (including phenoxy) is 2. The van der Waals surface area contributed by atoms with E-state index in [1.807, 2.05) is 56.3 Å². The van der Waals surface area contributed by atoms with Crippen molar-refractivity contribution in [1.29, 1.82) is 0 Å². The summed E-state index contributed by atoms with van der Waals surface area (Å²) < 4.78 is 17.2. The van der Waals surface area contributed by atoms with Crippen LogP contribution in [0.4, 0.5) is 0 Å². The lowest BCUT2D eigenvalue weighted by atomic mass is 9.76. The number of para-hydroxylation sites is 2. The van der Waals surface area contributed by atoms with Crippen LogP contribution in [0.15, 0.2) is 65.3 Å². The first-order chi connectivity index (χ1) is 18.0. The number of nitrogens with zero attached hydrogens (tertiary/aromatic N) is 2. The van der Waals surface area contributed by atoms with Gasteiger partial charge in [0.25, 0.3) is 5.91 Å². The Labute approximate surface area is 214 Å². The zero-order chi connectivity index (χ0) is 25.7. The van der Waals surface area contributed by atoms with E-state index in [1.54, 1.807) is 29.2 Å². The molecule has 0 saturated carbocycles. The lowest BCUT2D eigenvalue weighted by Gasteiger charge is -2.51. The molecule has 37 heavy (non-hydrogen) atoms. The van der Waals surface area contributed by atoms with Gasteiger partial charge >= 0.3 is 0 Å². The number of furan rings is 1. The second-order valence-electron chi connectivity index (χ2n) is 9.64. The van der Waals surface area contributed by atoms with Gasteiger partial charge in [-0.2, -0.15) is 0 Å². The van der Waals surface area contributed by atoms with Gasteiger partial charge in [0.05, 0.1) is 32.2 Å². The lowest BCUT2D eigenvalue weighted by Crippen LogP contribution is -2.67. The zero-order valence-electron chi connectivity index (χ0n) is 21.1. The topological polar surface area (TPSA) is 88.0 Å². The molecule has 1 N–H and O–H groups in total. The fourth-order valence-electron chi connectivity index (χ4n) is 5.94. The molecule has 2 aliphatic heterocycles. The molecule has 4 aromatic rings. The van der Waals surface area contributed by atoms with Crippen LogP contribution in [-0.2, 0) is 21.7 Å². The molecule has 2 aliphatic rings. The van der Waals surface area contributed by atoms with Crippen molar-refractivity contribution in [3.8, 4) is 11.5 Å². The number of amides is 2. The summed E-state index contributed by atoms with van der Waals surface area (Å²) in [6, 6.07) is 17.5. The molecule has 0 spiro atoms. The molecule has 2 aromatic heterocycles. The highest BCUT2D eigenvalue weighted by Gasteiger charge is 2.56. The number of carbonyl (C=O) groups is 2. The van der Waals surface area contributed by atoms with Crippen LogP contribution in [0.2, 0.25) is 0 Å². The van der Waals surface area contributed by atoms with Crippen molar-refractivity contribution in [2.24, 2.45) is 0 Å². The number of aromatic nitrogens is 1. The average molecular weight is 500 g/mol. The van der Waals surface area contributed by atoms with Crippen LogP contribution in [-0.4, -0.2) is 53.4 Å². The van der Waals surface area contributed by atoms with Crippen molar-refractivity contribution in [3.05, 3.63) is 83.4 Å². The number of rotatable bonds is 6. The second-order valence-corrected chi connectivity index (χ2v) is 9.64. The molecule has 8 nitrogen and oxygen atoms in total. The van der Waals surface area contributed by atoms with E-state index in [0.717, 1.165) is 27.7 Å². The Balaban J connectivity index is 1.55. The number of H-pyrrole nitrogens is 1. The van der Waals surface area contributed by atoms with Gasteiger partial charge in [-0.05, 0) is 43.7 Å². The van der Waals surface area contributed by atoms with Gasteiger partial charge in [-0.25, -0.2) is 0 Å². The van der Waals surface area contributed by atoms with Crippen LogP contribution in [0.3, 0.4) is 0 Å². The molecule has 2 atom stereocenters. The van der Waals surface area contributed by atoms with Crippen LogP contribution >= 0.6 is 0 Å². The van der Waals surface area contributed by atoms with E-state index in [9.17, 15) is 9.59 Å². The summed E-state index contributed by atoms with van der Waals surface area (Å²) in [5, 5.41) is 1.03. The van der Waals surface area contributed by atoms with Crippen molar-refractivity contribution in [2.75, 3.05) is 26.8 Å². The Morgan fingerprint density at radius 2 is 1.95 bits per heavy atom. The highest BCUT2D eigenvalue weighted by Crippen LogP contribution is 2.50. The molecule has 2 aromatic carbocycles. The number of piperazine rings is 1. The minimum atomic E-state index is -1.18. The molecule has 0 radical (unpaired) electrons. The maximum atomic E-state index is 14.1. The molecule has 4 heterocycles. The van der Waals surface area contributed by atoms with Gasteiger partial charge in [0.2, 0.25) is 5.91 Å². The highest BCUT2D eigenvalue weighted by molar-refractivity contribution is 6.01. The third-order valence-corrected chi connectivity index (χ3v) is 7.64. The standard InChI is InChI=1S/C29H29N3O5/c1-4-36-26-19(11-7-13-23(26)35-3)21-16-32-24(33)17-31(15-18-9-8-14-37-18)28(34)29(32,2)27-25(21)20-10-5-6-12-22(20)30-27/h5-14,21,30H,4,15-17H2,1-3H3. The maximum absolute atomic E-state index is 14.1. The number of aromatic amines is 1. The molecular formula is C29H29N3O5. The van der Waals surface area contributed by atoms with E-state index in [4.69, 9.17) is 13.9 Å². The minimum Gasteiger partial charge on any atom is -0.493 e. The zero-order valence-corrected chi connectivity index (χ0v) is 21.1. The van der Waals surface area contributed by atoms with E-state index in [0.29, 0.717) is 30.4 Å². The Kier molecular flexibility index (Phi) is 5.47. The van der Waals surface area contributed by atoms with E-state index in [1.165, 1.54) is 0 Å². The predicted octanol–water partition coefficient (Wildman–Crippen LogP) is 4.40. The van der Waals surface area contributed by atoms with Crippen molar-refractivity contribution in [2.45, 2.75) is 31.8 Å². The summed E-state index contributed by atoms with van der Waals surface area (Å²) in [6.45, 7) is 4.84. The number of fused-ring (bicyclic) bond motifs is 5. The SMILES string of the molecule is CCOc1c(OC)cccc1C1CN2C(=O)CN(Cc3ccco3)C(=O)C2(C)c2[nH]c3ccccc3c21. The Bertz CT molecular complexity index is 1490. The van der Waals surface area contributed by atoms with Crippen molar-refractivity contribution < 1.29 is 23.5 Å². The molecule has 8 heteroatoms. The number of methoxy groups -OCH3 is 1. The van der Waals surface area contributed by atoms with E-state index in [2.05, 4.69) is 11.1 Å². The molecular weight excluding hydrogens is 470 g/mol. The summed E-state index contributed by atoms with van der Waals surface area (Å²) in [5.41, 5.74) is 2.40. The fourth-order valence-corrected chi connectivity index (χ4v) is 5.94. The van der Waals surface area contributed by atoms with Crippen molar-refractivity contribution >= 4 is 22.7 Å². The molecule has 2 unspecified atom stereocenters. The molecule has 1 saturated heterocycles. The van der Waals surface area contributed by atoms with E-state index < -0.39 is 5.54 Å². The van der Waals surface area contributed by atoms with Crippen molar-refractivity contribution in [3.63, 3.8) is 0 Å². The fraction of sp³-hybridized carbons (Fsp3) is 0.310. The van der Waals surface area contributed by atoms with Crippen LogP contribution in [0.5, 0.6) is 11.5 Å². The Hall–Kier alpha value is -4.20. The molecule has 190 valence electrons. The molecule has 1 fully saturated rings. The van der Waals surface area contributed by atoms with Gasteiger partial charge in [-0.15, -0.1) is 0 Å². The Morgan fingerprint density at radius 1 is 1.11 bits per heavy atom. The number of hydrogen-bond donors (Lipinski definition) is 1. The van der Waals surface area contributed by atoms with E-state index >= 15 is 0 Å². The van der Waals surface area contributed by atoms with Gasteiger partial charge in [-0.3, -0.25) is 9.59 Å². The van der Waals surface area contributed by atoms with Gasteiger partial charge in [0.1, 0.15) is 12.3 Å². The summed E-state index contributed by atoms with van der Waals surface area (Å²) in [6.07, 6.45) is 1.57. The highest BCUT2D eigenvalue weighted by atomic mass is 16.5. The summed E-state index contributed by atoms with van der Waals surface area (Å²) in [7, 11) is 1.62. The smallest absolute Gasteiger partial charge is 0.255 e. The first kappa shape index (κ1) is 23.2. The predicted molar refractivity (Wildman–Crippen MR) is 137 cm³/mol. The summed E-state index contributed by atoms with van der Waals surface area (Å²) in [5.74, 6) is 1.48. The van der Waals surface area contributed by atoms with Crippen LogP contribution in [0.1, 0.15) is 42.3 Å². The van der Waals surface area contributed by atoms with Crippen LogP contribution in [0.25, 0.3) is 10.9 Å². The van der Waals surface area contributed by atoms with Gasteiger partial charge < -0.3 is 28.7 Å². The largest absolute Gasteiger partial charge is 0.493 e. The average Bonchev–Trinajstić information content (AvgIpc) is 3.56. The first-order valence-corrected chi connectivity index (χ1v) is 12.5. The number of hydrogen-bond acceptors (Lipinski definition) is 5. The van der Waals surface area contributed by atoms with Gasteiger partial charge in [0, 0.05) is 28.9 Å². The Morgan fingerprint density at radius 3 is 2.70 bits per heavy atom. The monoisotopic (exact) mass is 499 g/mol. The van der Waals surface area contributed by atoms with Crippen molar-refractivity contribution in [1.82, 2.24) is 14.8 Å². The first-order valence-electron chi connectivity index (χ1n) is 12.5. The van der Waals surface area contributed by atoms with Crippen LogP contribution < -0.4 is 9.47 Å². The number of nitrogens with one attached hydrogen (secondary N) is 1. The second kappa shape index (κ2) is 8.73. The molecule has 0 aliphatic carbocycles. The third kappa shape index (κ3) is 3.43. The summed E-state index contributed by atoms with van der Waals surface area (Å²) >= 11 is 0. The third-order valence-electron chi connectivity index (χ3n) is 7.64. The lowest BCUT2D eigenvalue weighted by molar-refractivity contribution is -0.167. The molecule has 0 bridgehead atoms. The molecule has 6 rings (SSSR count). The van der Waals surface area contributed by atoms with E-state index in [-0.39, 0.29) is 30.8 Å². The minimum absolute atomic E-state index is 0.00612. The van der Waals surface area contributed by atoms with Gasteiger partial charge in [-0.1, -0.05) is 30.3 Å². The number of benzene rings is 2. The normalized spacial score (nSPS) is 21.2. The summed E-state index contributed by atoms with van der Waals surface area (Å²) in [4.78, 5) is 34.7. The number of carbonyl (C=O) groups excluding carboxylic acids is 2. The molecule has 2 amide bonds. The van der Waals surface area contributed by atoms with Crippen LogP contribution in [0, 0.1) is 0 Å². The maximum Gasteiger partial charge on any atom is 0.255 e. The quantitative estimate of drug-likeness (QED) is 0.425. The van der Waals surface area contributed by atoms with Gasteiger partial charge in [0.15, 0.2) is 17.0 Å².